The van der Waals surface area contributed by atoms with Crippen molar-refractivity contribution >= 4 is 11.7 Å². The van der Waals surface area contributed by atoms with Crippen LogP contribution in [0.1, 0.15) is 51.5 Å². The third-order valence-electron chi connectivity index (χ3n) is 6.75. The van der Waals surface area contributed by atoms with E-state index in [0.717, 1.165) is 81.2 Å². The molecule has 0 radical (unpaired) electrons. The summed E-state index contributed by atoms with van der Waals surface area (Å²) in [5, 5.41) is 0. The molecule has 6 heteroatoms. The Kier molecular flexibility index (Phi) is 9.15. The number of nitrogens with zero attached hydrogens (tertiary/aromatic N) is 4. The fraction of sp³-hybridized carbons (Fsp3) is 0.615. The maximum absolute atomic E-state index is 13.4. The van der Waals surface area contributed by atoms with E-state index in [2.05, 4.69) is 33.8 Å². The second kappa shape index (κ2) is 12.0. The Bertz CT molecular complexity index is 789. The molecule has 2 heterocycles. The Morgan fingerprint density at radius 1 is 1.12 bits per heavy atom. The van der Waals surface area contributed by atoms with Crippen molar-refractivity contribution in [3.63, 3.8) is 0 Å². The topological polar surface area (TPSA) is 48.9 Å². The first-order valence-corrected chi connectivity index (χ1v) is 12.2. The molecule has 2 fully saturated rings. The fourth-order valence-corrected chi connectivity index (χ4v) is 4.83. The van der Waals surface area contributed by atoms with Gasteiger partial charge < -0.3 is 9.64 Å². The Labute approximate surface area is 193 Å². The second-order valence-electron chi connectivity index (χ2n) is 8.88. The predicted octanol–water partition coefficient (Wildman–Crippen LogP) is 4.37. The van der Waals surface area contributed by atoms with Crippen molar-refractivity contribution in [3.8, 4) is 0 Å². The summed E-state index contributed by atoms with van der Waals surface area (Å²) in [7, 11) is 1.73. The number of aromatic nitrogens is 1. The molecule has 32 heavy (non-hydrogen) atoms. The molecule has 1 aromatic rings. The van der Waals surface area contributed by atoms with Crippen LogP contribution in [-0.4, -0.2) is 67.1 Å². The van der Waals surface area contributed by atoms with Crippen LogP contribution in [0.2, 0.25) is 0 Å². The molecule has 1 aliphatic carbocycles. The molecule has 0 atom stereocenters. The van der Waals surface area contributed by atoms with Crippen LogP contribution >= 0.6 is 0 Å². The lowest BCUT2D eigenvalue weighted by molar-refractivity contribution is -0.123. The molecule has 2 aliphatic rings. The molecule has 0 N–H and O–H groups in total. The van der Waals surface area contributed by atoms with E-state index in [0.29, 0.717) is 6.54 Å². The number of amides is 1. The summed E-state index contributed by atoms with van der Waals surface area (Å²) in [6.07, 6.45) is 11.6. The SMILES string of the molecule is C/C=C(OC)\C(=C/C)N1CCN(CCN(C(=O)C2CCCCC2)c2ccc(C)cn2)CC1. The second-order valence-corrected chi connectivity index (χ2v) is 8.88. The zero-order chi connectivity index (χ0) is 22.9. The third kappa shape index (κ3) is 6.12. The summed E-state index contributed by atoms with van der Waals surface area (Å²) in [6, 6.07) is 4.05. The number of ether oxygens (including phenoxy) is 1. The number of pyridine rings is 1. The van der Waals surface area contributed by atoms with Gasteiger partial charge in [-0.25, -0.2) is 4.98 Å². The normalized spacial score (nSPS) is 19.2. The molecule has 1 saturated carbocycles. The summed E-state index contributed by atoms with van der Waals surface area (Å²) in [4.78, 5) is 24.8. The molecule has 176 valence electrons. The lowest BCUT2D eigenvalue weighted by Gasteiger charge is -2.38. The van der Waals surface area contributed by atoms with Crippen molar-refractivity contribution in [3.05, 3.63) is 47.5 Å². The molecule has 1 saturated heterocycles. The first-order valence-electron chi connectivity index (χ1n) is 12.2. The summed E-state index contributed by atoms with van der Waals surface area (Å²) in [5.74, 6) is 2.12. The molecule has 0 bridgehead atoms. The molecule has 1 aliphatic heterocycles. The molecule has 1 aromatic heterocycles. The van der Waals surface area contributed by atoms with Gasteiger partial charge in [-0.3, -0.25) is 14.6 Å². The number of methoxy groups -OCH3 is 1. The van der Waals surface area contributed by atoms with Crippen LogP contribution in [0.15, 0.2) is 41.9 Å². The van der Waals surface area contributed by atoms with E-state index in [9.17, 15) is 4.79 Å². The highest BCUT2D eigenvalue weighted by molar-refractivity contribution is 5.94. The number of anilines is 1. The van der Waals surface area contributed by atoms with Gasteiger partial charge in [0.25, 0.3) is 0 Å². The van der Waals surface area contributed by atoms with Crippen molar-refractivity contribution in [1.82, 2.24) is 14.8 Å². The summed E-state index contributed by atoms with van der Waals surface area (Å²) < 4.78 is 5.54. The lowest BCUT2D eigenvalue weighted by atomic mass is 9.88. The highest BCUT2D eigenvalue weighted by atomic mass is 16.5. The van der Waals surface area contributed by atoms with E-state index in [4.69, 9.17) is 4.74 Å². The standard InChI is InChI=1S/C26H40N4O2/c1-5-23(24(6-2)32-4)29-17-14-28(15-18-29)16-19-30(25-13-12-21(3)20-27-25)26(31)22-10-8-7-9-11-22/h5-6,12-13,20,22H,7-11,14-19H2,1-4H3/b23-5+,24-6+. The molecular formula is C26H40N4O2. The average molecular weight is 441 g/mol. The van der Waals surface area contributed by atoms with Gasteiger partial charge in [0.05, 0.1) is 12.8 Å². The number of allylic oxidation sites excluding steroid dienone is 2. The quantitative estimate of drug-likeness (QED) is 0.444. The van der Waals surface area contributed by atoms with E-state index >= 15 is 0 Å². The smallest absolute Gasteiger partial charge is 0.231 e. The summed E-state index contributed by atoms with van der Waals surface area (Å²) >= 11 is 0. The Hall–Kier alpha value is -2.34. The summed E-state index contributed by atoms with van der Waals surface area (Å²) in [5.41, 5.74) is 2.28. The molecule has 0 aromatic carbocycles. The zero-order valence-electron chi connectivity index (χ0n) is 20.3. The fourth-order valence-electron chi connectivity index (χ4n) is 4.83. The van der Waals surface area contributed by atoms with Gasteiger partial charge in [-0.15, -0.1) is 0 Å². The predicted molar refractivity (Wildman–Crippen MR) is 130 cm³/mol. The Morgan fingerprint density at radius 3 is 2.41 bits per heavy atom. The van der Waals surface area contributed by atoms with Gasteiger partial charge in [0.2, 0.25) is 5.91 Å². The van der Waals surface area contributed by atoms with Crippen molar-refractivity contribution in [2.45, 2.75) is 52.9 Å². The van der Waals surface area contributed by atoms with Crippen LogP contribution in [0.25, 0.3) is 0 Å². The largest absolute Gasteiger partial charge is 0.495 e. The van der Waals surface area contributed by atoms with Gasteiger partial charge in [0.15, 0.2) is 0 Å². The minimum atomic E-state index is 0.147. The van der Waals surface area contributed by atoms with Gasteiger partial charge in [0, 0.05) is 51.4 Å². The monoisotopic (exact) mass is 440 g/mol. The highest BCUT2D eigenvalue weighted by Gasteiger charge is 2.28. The minimum Gasteiger partial charge on any atom is -0.495 e. The minimum absolute atomic E-state index is 0.147. The molecule has 3 rings (SSSR count). The number of hydrogen-bond acceptors (Lipinski definition) is 5. The van der Waals surface area contributed by atoms with Crippen LogP contribution < -0.4 is 4.90 Å². The van der Waals surface area contributed by atoms with Gasteiger partial charge >= 0.3 is 0 Å². The highest BCUT2D eigenvalue weighted by Crippen LogP contribution is 2.27. The van der Waals surface area contributed by atoms with Gasteiger partial charge in [0.1, 0.15) is 11.6 Å². The van der Waals surface area contributed by atoms with E-state index in [1.54, 1.807) is 7.11 Å². The lowest BCUT2D eigenvalue weighted by Crippen LogP contribution is -2.49. The average Bonchev–Trinajstić information content (AvgIpc) is 2.84. The first-order chi connectivity index (χ1) is 15.6. The van der Waals surface area contributed by atoms with Crippen LogP contribution in [0.5, 0.6) is 0 Å². The maximum atomic E-state index is 13.4. The first kappa shape index (κ1) is 24.3. The van der Waals surface area contributed by atoms with Crippen molar-refractivity contribution < 1.29 is 9.53 Å². The van der Waals surface area contributed by atoms with Gasteiger partial charge in [-0.2, -0.15) is 0 Å². The number of aryl methyl sites for hydroxylation is 1. The van der Waals surface area contributed by atoms with Crippen LogP contribution in [0.3, 0.4) is 0 Å². The molecule has 6 nitrogen and oxygen atoms in total. The van der Waals surface area contributed by atoms with Crippen molar-refractivity contribution in [2.24, 2.45) is 5.92 Å². The summed E-state index contributed by atoms with van der Waals surface area (Å²) in [6.45, 7) is 11.5. The van der Waals surface area contributed by atoms with Gasteiger partial charge in [-0.05, 0) is 51.3 Å². The molecule has 1 amide bonds. The Balaban J connectivity index is 1.61. The number of rotatable bonds is 8. The van der Waals surface area contributed by atoms with E-state index in [-0.39, 0.29) is 11.8 Å². The number of carbonyl (C=O) groups excluding carboxylic acids is 1. The van der Waals surface area contributed by atoms with E-state index < -0.39 is 0 Å². The van der Waals surface area contributed by atoms with Gasteiger partial charge in [-0.1, -0.05) is 31.4 Å². The number of hydrogen-bond donors (Lipinski definition) is 0. The van der Waals surface area contributed by atoms with Crippen LogP contribution in [0.4, 0.5) is 5.82 Å². The van der Waals surface area contributed by atoms with Crippen LogP contribution in [-0.2, 0) is 9.53 Å². The van der Waals surface area contributed by atoms with E-state index in [1.807, 2.05) is 37.1 Å². The number of carbonyl (C=O) groups is 1. The van der Waals surface area contributed by atoms with Crippen LogP contribution in [0, 0.1) is 12.8 Å². The van der Waals surface area contributed by atoms with E-state index in [1.165, 1.54) is 6.42 Å². The molecular weight excluding hydrogens is 400 g/mol. The van der Waals surface area contributed by atoms with Crippen molar-refractivity contribution in [2.75, 3.05) is 51.3 Å². The van der Waals surface area contributed by atoms with Crippen molar-refractivity contribution in [1.29, 1.82) is 0 Å². The Morgan fingerprint density at radius 2 is 1.84 bits per heavy atom. The third-order valence-corrected chi connectivity index (χ3v) is 6.75. The zero-order valence-corrected chi connectivity index (χ0v) is 20.3. The number of piperazine rings is 1. The maximum Gasteiger partial charge on any atom is 0.231 e. The molecule has 0 unspecified atom stereocenters. The molecule has 0 spiro atoms.